The Balaban J connectivity index is 2.99. The maximum Gasteiger partial charge on any atom is 0.137 e. The van der Waals surface area contributed by atoms with Crippen LogP contribution in [0.4, 0.5) is 0 Å². The largest absolute Gasteiger partial charge is 0.495 e. The number of rotatable bonds is 5. The highest BCUT2D eigenvalue weighted by atomic mass is 35.5. The predicted molar refractivity (Wildman–Crippen MR) is 68.6 cm³/mol. The number of aliphatic hydroxyl groups is 1. The van der Waals surface area contributed by atoms with E-state index >= 15 is 0 Å². The Kier molecular flexibility index (Phi) is 5.25. The van der Waals surface area contributed by atoms with Gasteiger partial charge in [0.2, 0.25) is 0 Å². The predicted octanol–water partition coefficient (Wildman–Crippen LogP) is 3.05. The van der Waals surface area contributed by atoms with E-state index in [1.165, 1.54) is 0 Å². The number of hydrogen-bond acceptors (Lipinski definition) is 3. The first-order valence-corrected chi connectivity index (χ1v) is 5.93. The van der Waals surface area contributed by atoms with Crippen LogP contribution >= 0.6 is 11.6 Å². The summed E-state index contributed by atoms with van der Waals surface area (Å²) >= 11 is 5.94. The summed E-state index contributed by atoms with van der Waals surface area (Å²) in [6.45, 7) is 4.01. The highest BCUT2D eigenvalue weighted by Crippen LogP contribution is 2.31. The zero-order valence-corrected chi connectivity index (χ0v) is 11.4. The minimum absolute atomic E-state index is 0.219. The standard InChI is InChI=1S/C13H19ClO3/c1-8(2)13(17-4)12(15)9-5-6-10(14)11(7-9)16-3/h5-8,12-13,15H,1-4H3. The van der Waals surface area contributed by atoms with Gasteiger partial charge >= 0.3 is 0 Å². The van der Waals surface area contributed by atoms with Crippen molar-refractivity contribution < 1.29 is 14.6 Å². The molecule has 0 aliphatic rings. The molecule has 4 heteroatoms. The van der Waals surface area contributed by atoms with Gasteiger partial charge in [-0.3, -0.25) is 0 Å². The molecule has 0 saturated carbocycles. The molecule has 2 atom stereocenters. The fraction of sp³-hybridized carbons (Fsp3) is 0.538. The fourth-order valence-electron chi connectivity index (χ4n) is 1.82. The second-order valence-electron chi connectivity index (χ2n) is 4.28. The van der Waals surface area contributed by atoms with Crippen LogP contribution in [-0.2, 0) is 4.74 Å². The number of halogens is 1. The van der Waals surface area contributed by atoms with Gasteiger partial charge in [0.15, 0.2) is 0 Å². The molecule has 0 radical (unpaired) electrons. The fourth-order valence-corrected chi connectivity index (χ4v) is 2.01. The molecule has 0 spiro atoms. The Bertz CT molecular complexity index is 366. The van der Waals surface area contributed by atoms with Crippen LogP contribution in [0.2, 0.25) is 5.02 Å². The lowest BCUT2D eigenvalue weighted by atomic mass is 9.96. The smallest absolute Gasteiger partial charge is 0.137 e. The molecule has 0 saturated heterocycles. The molecule has 0 bridgehead atoms. The van der Waals surface area contributed by atoms with Crippen molar-refractivity contribution in [3.05, 3.63) is 28.8 Å². The number of methoxy groups -OCH3 is 2. The molecule has 1 aromatic carbocycles. The average molecular weight is 259 g/mol. The van der Waals surface area contributed by atoms with Crippen molar-refractivity contribution in [1.82, 2.24) is 0 Å². The van der Waals surface area contributed by atoms with E-state index in [1.54, 1.807) is 32.4 Å². The molecule has 0 aliphatic carbocycles. The molecule has 0 heterocycles. The van der Waals surface area contributed by atoms with Crippen molar-refractivity contribution in [1.29, 1.82) is 0 Å². The summed E-state index contributed by atoms with van der Waals surface area (Å²) in [5.74, 6) is 0.776. The van der Waals surface area contributed by atoms with Crippen LogP contribution in [0.5, 0.6) is 5.75 Å². The molecule has 17 heavy (non-hydrogen) atoms. The summed E-state index contributed by atoms with van der Waals surface area (Å²) < 4.78 is 10.4. The van der Waals surface area contributed by atoms with Gasteiger partial charge in [-0.25, -0.2) is 0 Å². The summed E-state index contributed by atoms with van der Waals surface area (Å²) in [7, 11) is 3.15. The molecule has 2 unspecified atom stereocenters. The van der Waals surface area contributed by atoms with Crippen LogP contribution in [0, 0.1) is 5.92 Å². The van der Waals surface area contributed by atoms with Crippen molar-refractivity contribution in [3.8, 4) is 5.75 Å². The van der Waals surface area contributed by atoms with Crippen LogP contribution in [0.1, 0.15) is 25.5 Å². The molecule has 0 aliphatic heterocycles. The van der Waals surface area contributed by atoms with Crippen LogP contribution in [0.15, 0.2) is 18.2 Å². The molecule has 0 aromatic heterocycles. The molecule has 3 nitrogen and oxygen atoms in total. The summed E-state index contributed by atoms with van der Waals surface area (Å²) in [5.41, 5.74) is 0.742. The van der Waals surface area contributed by atoms with Gasteiger partial charge in [0.1, 0.15) is 11.9 Å². The van der Waals surface area contributed by atoms with E-state index in [1.807, 2.05) is 13.8 Å². The quantitative estimate of drug-likeness (QED) is 0.882. The number of benzene rings is 1. The molecule has 96 valence electrons. The first-order valence-electron chi connectivity index (χ1n) is 5.55. The van der Waals surface area contributed by atoms with E-state index < -0.39 is 6.10 Å². The Morgan fingerprint density at radius 2 is 1.88 bits per heavy atom. The molecule has 1 aromatic rings. The molecule has 1 rings (SSSR count). The lowest BCUT2D eigenvalue weighted by molar-refractivity contribution is -0.0391. The zero-order valence-electron chi connectivity index (χ0n) is 10.6. The summed E-state index contributed by atoms with van der Waals surface area (Å²) in [4.78, 5) is 0. The van der Waals surface area contributed by atoms with Crippen LogP contribution in [0.3, 0.4) is 0 Å². The van der Waals surface area contributed by atoms with Gasteiger partial charge in [-0.2, -0.15) is 0 Å². The average Bonchev–Trinajstić information content (AvgIpc) is 2.29. The van der Waals surface area contributed by atoms with Gasteiger partial charge in [-0.15, -0.1) is 0 Å². The van der Waals surface area contributed by atoms with Crippen molar-refractivity contribution in [3.63, 3.8) is 0 Å². The second-order valence-corrected chi connectivity index (χ2v) is 4.69. The van der Waals surface area contributed by atoms with Crippen molar-refractivity contribution >= 4 is 11.6 Å². The molecule has 0 amide bonds. The summed E-state index contributed by atoms with van der Waals surface area (Å²) in [6, 6.07) is 5.23. The third-order valence-electron chi connectivity index (χ3n) is 2.76. The number of ether oxygens (including phenoxy) is 2. The normalized spacial score (nSPS) is 14.8. The third-order valence-corrected chi connectivity index (χ3v) is 3.07. The van der Waals surface area contributed by atoms with E-state index in [9.17, 15) is 5.11 Å². The van der Waals surface area contributed by atoms with E-state index in [-0.39, 0.29) is 12.0 Å². The minimum Gasteiger partial charge on any atom is -0.495 e. The van der Waals surface area contributed by atoms with Gasteiger partial charge in [0.25, 0.3) is 0 Å². The maximum atomic E-state index is 10.2. The SMILES string of the molecule is COc1cc(C(O)C(OC)C(C)C)ccc1Cl. The topological polar surface area (TPSA) is 38.7 Å². The first-order chi connectivity index (χ1) is 8.01. The molecular weight excluding hydrogens is 240 g/mol. The Labute approximate surface area is 107 Å². The van der Waals surface area contributed by atoms with E-state index in [2.05, 4.69) is 0 Å². The second kappa shape index (κ2) is 6.24. The Morgan fingerprint density at radius 1 is 1.24 bits per heavy atom. The zero-order chi connectivity index (χ0) is 13.0. The van der Waals surface area contributed by atoms with E-state index in [0.29, 0.717) is 10.8 Å². The lowest BCUT2D eigenvalue weighted by Gasteiger charge is -2.25. The van der Waals surface area contributed by atoms with Gasteiger partial charge in [-0.1, -0.05) is 31.5 Å². The molecular formula is C13H19ClO3. The van der Waals surface area contributed by atoms with E-state index in [0.717, 1.165) is 5.56 Å². The van der Waals surface area contributed by atoms with Crippen LogP contribution in [0.25, 0.3) is 0 Å². The van der Waals surface area contributed by atoms with Gasteiger partial charge < -0.3 is 14.6 Å². The monoisotopic (exact) mass is 258 g/mol. The van der Waals surface area contributed by atoms with Gasteiger partial charge in [-0.05, 0) is 23.6 Å². The van der Waals surface area contributed by atoms with Crippen molar-refractivity contribution in [2.24, 2.45) is 5.92 Å². The minimum atomic E-state index is -0.689. The number of hydrogen-bond donors (Lipinski definition) is 1. The molecule has 1 N–H and O–H groups in total. The van der Waals surface area contributed by atoms with Crippen LogP contribution in [-0.4, -0.2) is 25.4 Å². The third kappa shape index (κ3) is 3.35. The number of aliphatic hydroxyl groups excluding tert-OH is 1. The summed E-state index contributed by atoms with van der Waals surface area (Å²) in [6.07, 6.45) is -0.938. The van der Waals surface area contributed by atoms with Gasteiger partial charge in [0, 0.05) is 7.11 Å². The Hall–Kier alpha value is -0.770. The molecule has 0 fully saturated rings. The van der Waals surface area contributed by atoms with Crippen LogP contribution < -0.4 is 4.74 Å². The van der Waals surface area contributed by atoms with Gasteiger partial charge in [0.05, 0.1) is 18.2 Å². The summed E-state index contributed by atoms with van der Waals surface area (Å²) in [5, 5.41) is 10.8. The lowest BCUT2D eigenvalue weighted by Crippen LogP contribution is -2.26. The van der Waals surface area contributed by atoms with E-state index in [4.69, 9.17) is 21.1 Å². The highest BCUT2D eigenvalue weighted by Gasteiger charge is 2.24. The van der Waals surface area contributed by atoms with Crippen molar-refractivity contribution in [2.75, 3.05) is 14.2 Å². The first kappa shape index (κ1) is 14.3. The van der Waals surface area contributed by atoms with Crippen molar-refractivity contribution in [2.45, 2.75) is 26.1 Å². The Morgan fingerprint density at radius 3 is 2.35 bits per heavy atom. The highest BCUT2D eigenvalue weighted by molar-refractivity contribution is 6.32. The maximum absolute atomic E-state index is 10.2.